The van der Waals surface area contributed by atoms with E-state index in [1.54, 1.807) is 24.3 Å². The van der Waals surface area contributed by atoms with Gasteiger partial charge in [0.25, 0.3) is 0 Å². The highest BCUT2D eigenvalue weighted by atomic mass is 14.2. The molecule has 0 nitrogen and oxygen atoms in total. The molecular formula is C46H30. The molecule has 0 heteroatoms. The molecule has 0 amide bonds. The van der Waals surface area contributed by atoms with E-state index in [2.05, 4.69) is 0 Å². The Hall–Kier alpha value is -5.98. The molecule has 0 spiro atoms. The molecule has 0 aliphatic heterocycles. The molecule has 46 heavy (non-hydrogen) atoms. The normalized spacial score (nSPS) is 17.3. The molecule has 0 bridgehead atoms. The number of hydrogen-bond donors (Lipinski definition) is 0. The van der Waals surface area contributed by atoms with Crippen LogP contribution in [0.5, 0.6) is 0 Å². The van der Waals surface area contributed by atoms with Gasteiger partial charge in [-0.05, 0) is 99.7 Å². The summed E-state index contributed by atoms with van der Waals surface area (Å²) in [5.74, 6) is 0. The van der Waals surface area contributed by atoms with Gasteiger partial charge in [-0.3, -0.25) is 0 Å². The molecule has 9 rings (SSSR count). The molecule has 0 saturated heterocycles. The Labute approximate surface area is 295 Å². The first kappa shape index (κ1) is 13.6. The van der Waals surface area contributed by atoms with E-state index in [1.165, 1.54) is 0 Å². The molecule has 0 aliphatic rings. The van der Waals surface area contributed by atoms with Crippen LogP contribution in [0.4, 0.5) is 0 Å². The molecule has 0 heterocycles. The third kappa shape index (κ3) is 4.38. The van der Waals surface area contributed by atoms with E-state index in [0.29, 0.717) is 0 Å². The monoisotopic (exact) mass is 601 g/mol. The fourth-order valence-electron chi connectivity index (χ4n) is 5.96. The predicted molar refractivity (Wildman–Crippen MR) is 198 cm³/mol. The average Bonchev–Trinajstić information content (AvgIpc) is 3.31. The maximum absolute atomic E-state index is 9.97. The Morgan fingerprint density at radius 1 is 0.326 bits per heavy atom. The van der Waals surface area contributed by atoms with Gasteiger partial charge >= 0.3 is 0 Å². The molecule has 0 unspecified atom stereocenters. The van der Waals surface area contributed by atoms with Crippen LogP contribution < -0.4 is 0 Å². The largest absolute Gasteiger partial charge is 0.0636 e. The van der Waals surface area contributed by atoms with Crippen LogP contribution in [0.1, 0.15) is 26.0 Å². The van der Waals surface area contributed by atoms with Crippen molar-refractivity contribution in [3.8, 4) is 44.5 Å². The van der Waals surface area contributed by atoms with Crippen LogP contribution in [0.3, 0.4) is 0 Å². The first-order valence-corrected chi connectivity index (χ1v) is 14.4. The zero-order valence-corrected chi connectivity index (χ0v) is 23.9. The van der Waals surface area contributed by atoms with Gasteiger partial charge in [0.2, 0.25) is 0 Å². The maximum atomic E-state index is 9.97. The van der Waals surface area contributed by atoms with Crippen molar-refractivity contribution in [1.29, 1.82) is 0 Å². The fraction of sp³-hybridized carbons (Fsp3) is 0. The Kier molecular flexibility index (Phi) is 3.21. The van der Waals surface area contributed by atoms with E-state index in [0.717, 1.165) is 21.9 Å². The van der Waals surface area contributed by atoms with Gasteiger partial charge in [0.15, 0.2) is 0 Å². The van der Waals surface area contributed by atoms with Gasteiger partial charge in [-0.2, -0.15) is 0 Å². The number of hydrogen-bond acceptors (Lipinski definition) is 0. The molecule has 0 N–H and O–H groups in total. The van der Waals surface area contributed by atoms with E-state index >= 15 is 0 Å². The summed E-state index contributed by atoms with van der Waals surface area (Å²) in [5.41, 5.74) is -0.500. The summed E-state index contributed by atoms with van der Waals surface area (Å²) < 4.78 is 171. The van der Waals surface area contributed by atoms with E-state index in [-0.39, 0.29) is 27.3 Å². The summed E-state index contributed by atoms with van der Waals surface area (Å²) in [6.45, 7) is 0. The minimum absolute atomic E-state index is 0.0936. The van der Waals surface area contributed by atoms with Crippen LogP contribution in [0.15, 0.2) is 182 Å². The Morgan fingerprint density at radius 3 is 1.78 bits per heavy atom. The summed E-state index contributed by atoms with van der Waals surface area (Å²) >= 11 is 0. The van der Waals surface area contributed by atoms with Gasteiger partial charge < -0.3 is 0 Å². The van der Waals surface area contributed by atoms with Crippen LogP contribution in [0.25, 0.3) is 87.6 Å². The fourth-order valence-corrected chi connectivity index (χ4v) is 5.96. The molecule has 9 aromatic rings. The van der Waals surface area contributed by atoms with Gasteiger partial charge in [-0.25, -0.2) is 0 Å². The second-order valence-electron chi connectivity index (χ2n) is 10.6. The number of benzene rings is 9. The minimum atomic E-state index is -0.846. The van der Waals surface area contributed by atoms with Crippen molar-refractivity contribution in [2.45, 2.75) is 0 Å². The Morgan fingerprint density at radius 2 is 0.957 bits per heavy atom. The first-order valence-electron chi connectivity index (χ1n) is 23.9. The van der Waals surface area contributed by atoms with Crippen molar-refractivity contribution in [2.75, 3.05) is 0 Å². The lowest BCUT2D eigenvalue weighted by Gasteiger charge is -2.20. The molecule has 0 aliphatic carbocycles. The molecule has 0 radical (unpaired) electrons. The third-order valence-electron chi connectivity index (χ3n) is 8.07. The quantitative estimate of drug-likeness (QED) is 0.176. The summed E-state index contributed by atoms with van der Waals surface area (Å²) in [5, 5.41) is -0.448. The Bertz CT molecular complexity index is 3600. The molecule has 0 saturated carbocycles. The van der Waals surface area contributed by atoms with Crippen molar-refractivity contribution in [3.63, 3.8) is 0 Å². The standard InChI is InChI=1S/C46H30/c1-2-11-31(12-3-1)38-27-28-43-44(30-38)45(35-24-21-33(22-25-35)37-26-23-32-13-4-5-15-36(32)29-37)41-18-8-9-19-42(41)46(43)40-20-10-16-34-14-6-7-17-39(34)40/h1-30H/i1D,2D,3D,6D,7D,8D,9D,10D,11D,12D,14D,16D,17D,18D,19D,20D,27D,28D,30D. The highest BCUT2D eigenvalue weighted by Gasteiger charge is 2.19. The minimum Gasteiger partial charge on any atom is -0.0622 e. The lowest BCUT2D eigenvalue weighted by atomic mass is 9.83. The van der Waals surface area contributed by atoms with Gasteiger partial charge in [0.05, 0.1) is 26.0 Å². The molecule has 214 valence electrons. The summed E-state index contributed by atoms with van der Waals surface area (Å²) in [6, 6.07) is 5.72. The van der Waals surface area contributed by atoms with Crippen molar-refractivity contribution in [2.24, 2.45) is 0 Å². The van der Waals surface area contributed by atoms with Crippen molar-refractivity contribution in [1.82, 2.24) is 0 Å². The highest BCUT2D eigenvalue weighted by molar-refractivity contribution is 6.24. The highest BCUT2D eigenvalue weighted by Crippen LogP contribution is 2.46. The summed E-state index contributed by atoms with van der Waals surface area (Å²) in [7, 11) is 0. The third-order valence-corrected chi connectivity index (χ3v) is 8.07. The zero-order chi connectivity index (χ0) is 47.0. The summed E-state index contributed by atoms with van der Waals surface area (Å²) in [6.07, 6.45) is 0. The first-order chi connectivity index (χ1) is 30.7. The number of rotatable bonds is 4. The van der Waals surface area contributed by atoms with Gasteiger partial charge in [-0.15, -0.1) is 0 Å². The Balaban J connectivity index is 1.57. The van der Waals surface area contributed by atoms with Crippen molar-refractivity contribution in [3.05, 3.63) is 182 Å². The van der Waals surface area contributed by atoms with Crippen LogP contribution in [-0.2, 0) is 0 Å². The lowest BCUT2D eigenvalue weighted by Crippen LogP contribution is -1.92. The SMILES string of the molecule is [2H]c1c([2H])c([2H])c(-c2c([2H])c([2H])c3c(-c4c([2H])c([2H])c([2H])c5c([2H])c([2H])c([2H])c([2H])c45)c4c([2H])c([2H])c([2H])c([2H])c4c(-c4ccc(-c5ccc6ccccc6c5)cc4)c3c2[2H])c([2H])c1[2H]. The lowest BCUT2D eigenvalue weighted by molar-refractivity contribution is 1.62. The molecule has 0 fully saturated rings. The molecule has 0 aromatic heterocycles. The van der Waals surface area contributed by atoms with Gasteiger partial charge in [0.1, 0.15) is 0 Å². The second kappa shape index (κ2) is 10.9. The average molecular weight is 602 g/mol. The van der Waals surface area contributed by atoms with Gasteiger partial charge in [0, 0.05) is 0 Å². The van der Waals surface area contributed by atoms with E-state index in [4.69, 9.17) is 17.8 Å². The van der Waals surface area contributed by atoms with Crippen LogP contribution >= 0.6 is 0 Å². The van der Waals surface area contributed by atoms with E-state index < -0.39 is 153 Å². The number of fused-ring (bicyclic) bond motifs is 4. The van der Waals surface area contributed by atoms with E-state index in [1.807, 2.05) is 42.5 Å². The molecular weight excluding hydrogens is 553 g/mol. The summed E-state index contributed by atoms with van der Waals surface area (Å²) in [4.78, 5) is 0. The van der Waals surface area contributed by atoms with Gasteiger partial charge in [-0.1, -0.05) is 169 Å². The van der Waals surface area contributed by atoms with E-state index in [9.17, 15) is 8.22 Å². The molecule has 9 aromatic carbocycles. The second-order valence-corrected chi connectivity index (χ2v) is 10.6. The van der Waals surface area contributed by atoms with Crippen LogP contribution in [-0.4, -0.2) is 0 Å². The molecule has 0 atom stereocenters. The predicted octanol–water partition coefficient (Wildman–Crippen LogP) is 13.0. The maximum Gasteiger partial charge on any atom is 0.0636 e. The van der Waals surface area contributed by atoms with Crippen LogP contribution in [0, 0.1) is 0 Å². The topological polar surface area (TPSA) is 0 Å². The smallest absolute Gasteiger partial charge is 0.0622 e. The van der Waals surface area contributed by atoms with Crippen LogP contribution in [0.2, 0.25) is 0 Å². The van der Waals surface area contributed by atoms with Crippen molar-refractivity contribution >= 4 is 43.1 Å². The van der Waals surface area contributed by atoms with Crippen molar-refractivity contribution < 1.29 is 26.0 Å². The zero-order valence-electron chi connectivity index (χ0n) is 42.9.